The van der Waals surface area contributed by atoms with E-state index < -0.39 is 0 Å². The molecule has 2 aromatic heterocycles. The van der Waals surface area contributed by atoms with Crippen LogP contribution in [0.25, 0.3) is 0 Å². The summed E-state index contributed by atoms with van der Waals surface area (Å²) < 4.78 is 1.74. The van der Waals surface area contributed by atoms with Crippen molar-refractivity contribution in [1.29, 1.82) is 0 Å². The van der Waals surface area contributed by atoms with Crippen molar-refractivity contribution in [3.63, 3.8) is 0 Å². The summed E-state index contributed by atoms with van der Waals surface area (Å²) in [6, 6.07) is -0.307. The topological polar surface area (TPSA) is 87.6 Å². The molecule has 2 amide bonds. The van der Waals surface area contributed by atoms with Crippen LogP contribution in [0.3, 0.4) is 0 Å². The van der Waals surface area contributed by atoms with Gasteiger partial charge in [-0.2, -0.15) is 10.2 Å². The van der Waals surface area contributed by atoms with Gasteiger partial charge in [0.05, 0.1) is 29.0 Å². The summed E-state index contributed by atoms with van der Waals surface area (Å²) in [6.45, 7) is 6.43. The Morgan fingerprint density at radius 2 is 2.22 bits per heavy atom. The van der Waals surface area contributed by atoms with E-state index in [1.165, 1.54) is 0 Å². The Morgan fingerprint density at radius 1 is 1.44 bits per heavy atom. The van der Waals surface area contributed by atoms with Gasteiger partial charge in [-0.1, -0.05) is 0 Å². The van der Waals surface area contributed by atoms with Gasteiger partial charge in [0.25, 0.3) is 0 Å². The second-order valence-corrected chi connectivity index (χ2v) is 3.97. The molecule has 2 heterocycles. The summed E-state index contributed by atoms with van der Waals surface area (Å²) in [7, 11) is 0. The Kier molecular flexibility index (Phi) is 3.31. The largest absolute Gasteiger partial charge is 0.323 e. The molecule has 0 unspecified atom stereocenters. The van der Waals surface area contributed by atoms with Gasteiger partial charge in [0.2, 0.25) is 0 Å². The Bertz CT molecular complexity index is 536. The Balaban J connectivity index is 2.01. The first-order chi connectivity index (χ1) is 8.60. The van der Waals surface area contributed by atoms with Gasteiger partial charge in [-0.05, 0) is 20.8 Å². The number of nitrogens with zero attached hydrogens (tertiary/aromatic N) is 3. The van der Waals surface area contributed by atoms with Crippen LogP contribution in [0.2, 0.25) is 0 Å². The first-order valence-electron chi connectivity index (χ1n) is 5.72. The highest BCUT2D eigenvalue weighted by Gasteiger charge is 2.10. The molecule has 3 N–H and O–H groups in total. The molecule has 0 fully saturated rings. The predicted molar refractivity (Wildman–Crippen MR) is 68.6 cm³/mol. The number of carbonyl (C=O) groups excluding carboxylic acids is 1. The highest BCUT2D eigenvalue weighted by Crippen LogP contribution is 2.16. The summed E-state index contributed by atoms with van der Waals surface area (Å²) in [5.41, 5.74) is 2.95. The zero-order valence-electron chi connectivity index (χ0n) is 10.6. The van der Waals surface area contributed by atoms with Crippen molar-refractivity contribution in [2.45, 2.75) is 27.3 Å². The summed E-state index contributed by atoms with van der Waals surface area (Å²) in [6.07, 6.45) is 3.38. The maximum atomic E-state index is 11.8. The fraction of sp³-hybridized carbons (Fsp3) is 0.364. The molecule has 0 aliphatic heterocycles. The lowest BCUT2D eigenvalue weighted by atomic mass is 10.3. The number of aromatic amines is 1. The van der Waals surface area contributed by atoms with Gasteiger partial charge < -0.3 is 10.6 Å². The van der Waals surface area contributed by atoms with Crippen molar-refractivity contribution in [3.05, 3.63) is 23.8 Å². The van der Waals surface area contributed by atoms with Crippen LogP contribution in [0.15, 0.2) is 12.4 Å². The van der Waals surface area contributed by atoms with Crippen LogP contribution in [-0.2, 0) is 6.54 Å². The van der Waals surface area contributed by atoms with Crippen LogP contribution >= 0.6 is 0 Å². The number of hydrogen-bond acceptors (Lipinski definition) is 3. The van der Waals surface area contributed by atoms with E-state index >= 15 is 0 Å². The zero-order valence-corrected chi connectivity index (χ0v) is 10.6. The fourth-order valence-electron chi connectivity index (χ4n) is 1.61. The molecule has 7 nitrogen and oxygen atoms in total. The van der Waals surface area contributed by atoms with Crippen molar-refractivity contribution in [3.8, 4) is 0 Å². The lowest BCUT2D eigenvalue weighted by molar-refractivity contribution is 0.262. The van der Waals surface area contributed by atoms with Gasteiger partial charge in [0.1, 0.15) is 0 Å². The van der Waals surface area contributed by atoms with Crippen LogP contribution in [0, 0.1) is 13.8 Å². The van der Waals surface area contributed by atoms with Crippen molar-refractivity contribution in [1.82, 2.24) is 20.0 Å². The molecule has 0 radical (unpaired) electrons. The van der Waals surface area contributed by atoms with Gasteiger partial charge in [-0.25, -0.2) is 4.79 Å². The molecular formula is C11H16N6O. The lowest BCUT2D eigenvalue weighted by Crippen LogP contribution is -2.19. The number of nitrogens with one attached hydrogen (secondary N) is 3. The number of aryl methyl sites for hydroxylation is 3. The molecule has 18 heavy (non-hydrogen) atoms. The molecule has 0 saturated heterocycles. The minimum Gasteiger partial charge on any atom is -0.305 e. The highest BCUT2D eigenvalue weighted by molar-refractivity contribution is 6.00. The van der Waals surface area contributed by atoms with Gasteiger partial charge in [0, 0.05) is 12.7 Å². The van der Waals surface area contributed by atoms with E-state index in [0.717, 1.165) is 17.9 Å². The number of rotatable bonds is 3. The number of amides is 2. The molecule has 0 bridgehead atoms. The smallest absolute Gasteiger partial charge is 0.305 e. The van der Waals surface area contributed by atoms with E-state index in [9.17, 15) is 4.79 Å². The number of aromatic nitrogens is 4. The number of carbonyl (C=O) groups is 1. The molecule has 7 heteroatoms. The highest BCUT2D eigenvalue weighted by atomic mass is 16.2. The van der Waals surface area contributed by atoms with Crippen LogP contribution < -0.4 is 10.6 Å². The quantitative estimate of drug-likeness (QED) is 0.775. The minimum absolute atomic E-state index is 0.307. The summed E-state index contributed by atoms with van der Waals surface area (Å²) >= 11 is 0. The third-order valence-corrected chi connectivity index (χ3v) is 2.58. The second kappa shape index (κ2) is 4.91. The first-order valence-corrected chi connectivity index (χ1v) is 5.72. The van der Waals surface area contributed by atoms with E-state index in [1.54, 1.807) is 17.1 Å². The average Bonchev–Trinajstić information content (AvgIpc) is 2.91. The zero-order chi connectivity index (χ0) is 13.1. The molecule has 0 aromatic carbocycles. The van der Waals surface area contributed by atoms with Crippen molar-refractivity contribution in [2.24, 2.45) is 0 Å². The number of anilines is 2. The van der Waals surface area contributed by atoms with Crippen LogP contribution in [0.5, 0.6) is 0 Å². The Morgan fingerprint density at radius 3 is 2.78 bits per heavy atom. The van der Waals surface area contributed by atoms with Gasteiger partial charge in [0.15, 0.2) is 0 Å². The minimum atomic E-state index is -0.307. The summed E-state index contributed by atoms with van der Waals surface area (Å²) in [5.74, 6) is 0. The maximum absolute atomic E-state index is 11.8. The van der Waals surface area contributed by atoms with E-state index in [4.69, 9.17) is 0 Å². The number of hydrogen-bond donors (Lipinski definition) is 3. The third kappa shape index (κ3) is 2.50. The average molecular weight is 248 g/mol. The molecule has 2 aromatic rings. The van der Waals surface area contributed by atoms with Gasteiger partial charge in [-0.3, -0.25) is 9.78 Å². The molecule has 2 rings (SSSR count). The molecule has 0 aliphatic rings. The first kappa shape index (κ1) is 12.2. The standard InChI is InChI=1S/C11H16N6O/c1-4-17-6-9(5-12-17)13-11(18)14-10-7(2)15-16-8(10)3/h5-6H,4H2,1-3H3,(H,15,16)(H2,13,14,18). The van der Waals surface area contributed by atoms with Crippen molar-refractivity contribution in [2.75, 3.05) is 10.6 Å². The normalized spacial score (nSPS) is 10.4. The van der Waals surface area contributed by atoms with E-state index in [-0.39, 0.29) is 6.03 Å². The summed E-state index contributed by atoms with van der Waals surface area (Å²) in [5, 5.41) is 16.4. The molecule has 0 saturated carbocycles. The van der Waals surface area contributed by atoms with Gasteiger partial charge >= 0.3 is 6.03 Å². The Hall–Kier alpha value is -2.31. The Labute approximate surface area is 105 Å². The van der Waals surface area contributed by atoms with Crippen LogP contribution in [0.1, 0.15) is 18.3 Å². The van der Waals surface area contributed by atoms with E-state index in [0.29, 0.717) is 11.4 Å². The fourth-order valence-corrected chi connectivity index (χ4v) is 1.61. The van der Waals surface area contributed by atoms with E-state index in [2.05, 4.69) is 25.9 Å². The molecular weight excluding hydrogens is 232 g/mol. The van der Waals surface area contributed by atoms with Crippen molar-refractivity contribution >= 4 is 17.4 Å². The van der Waals surface area contributed by atoms with Crippen molar-refractivity contribution < 1.29 is 4.79 Å². The van der Waals surface area contributed by atoms with E-state index in [1.807, 2.05) is 20.8 Å². The van der Waals surface area contributed by atoms with Crippen LogP contribution in [-0.4, -0.2) is 26.0 Å². The van der Waals surface area contributed by atoms with Crippen LogP contribution in [0.4, 0.5) is 16.2 Å². The number of H-pyrrole nitrogens is 1. The second-order valence-electron chi connectivity index (χ2n) is 3.97. The SMILES string of the molecule is CCn1cc(NC(=O)Nc2c(C)n[nH]c2C)cn1. The third-order valence-electron chi connectivity index (χ3n) is 2.58. The number of urea groups is 1. The maximum Gasteiger partial charge on any atom is 0.323 e. The van der Waals surface area contributed by atoms with Gasteiger partial charge in [-0.15, -0.1) is 0 Å². The molecule has 0 spiro atoms. The summed E-state index contributed by atoms with van der Waals surface area (Å²) in [4.78, 5) is 11.8. The lowest BCUT2D eigenvalue weighted by Gasteiger charge is -2.05. The molecule has 0 aliphatic carbocycles. The molecule has 96 valence electrons. The predicted octanol–water partition coefficient (Wildman–Crippen LogP) is 1.89. The monoisotopic (exact) mass is 248 g/mol. The molecule has 0 atom stereocenters.